The second-order valence-corrected chi connectivity index (χ2v) is 3.58. The molecule has 72 valence electrons. The van der Waals surface area contributed by atoms with Gasteiger partial charge in [-0.1, -0.05) is 0 Å². The third-order valence-corrected chi connectivity index (χ3v) is 2.49. The maximum absolute atomic E-state index is 11.6. The smallest absolute Gasteiger partial charge is 0.338 e. The molecule has 2 aromatic heterocycles. The molecule has 0 aromatic carbocycles. The number of H-pyrrole nitrogens is 2. The molecule has 0 bridgehead atoms. The van der Waals surface area contributed by atoms with Gasteiger partial charge in [0.1, 0.15) is 5.65 Å². The van der Waals surface area contributed by atoms with Gasteiger partial charge in [0, 0.05) is 12.4 Å². The summed E-state index contributed by atoms with van der Waals surface area (Å²) in [6.45, 7) is 0. The average molecular weight is 257 g/mol. The molecule has 0 saturated heterocycles. The number of pyridine rings is 1. The first kappa shape index (κ1) is 9.01. The van der Waals surface area contributed by atoms with E-state index >= 15 is 0 Å². The van der Waals surface area contributed by atoms with Gasteiger partial charge in [-0.3, -0.25) is 4.79 Å². The van der Waals surface area contributed by atoms with Crippen LogP contribution in [0.15, 0.2) is 21.7 Å². The molecular weight excluding hydrogens is 252 g/mol. The molecule has 14 heavy (non-hydrogen) atoms. The normalized spacial score (nSPS) is 10.6. The van der Waals surface area contributed by atoms with Crippen LogP contribution in [0.5, 0.6) is 0 Å². The molecule has 0 atom stereocenters. The summed E-state index contributed by atoms with van der Waals surface area (Å²) < 4.78 is 0.312. The third kappa shape index (κ3) is 1.15. The highest BCUT2D eigenvalue weighted by molar-refractivity contribution is 9.10. The molecule has 0 spiro atoms. The number of hydrogen-bond acceptors (Lipinski definition) is 2. The second-order valence-electron chi connectivity index (χ2n) is 2.72. The van der Waals surface area contributed by atoms with E-state index in [-0.39, 0.29) is 16.4 Å². The number of carbonyl (C=O) groups is 1. The fourth-order valence-electron chi connectivity index (χ4n) is 1.26. The van der Waals surface area contributed by atoms with Crippen molar-refractivity contribution in [2.45, 2.75) is 0 Å². The molecule has 0 aliphatic heterocycles. The zero-order chi connectivity index (χ0) is 10.3. The Bertz CT molecular complexity index is 569. The molecule has 0 aliphatic rings. The SMILES string of the molecule is O=C(O)c1c[nH]c2[nH]cc(Br)c(=O)c12. The van der Waals surface area contributed by atoms with Crippen LogP contribution in [0.25, 0.3) is 11.0 Å². The second kappa shape index (κ2) is 2.98. The highest BCUT2D eigenvalue weighted by Crippen LogP contribution is 2.14. The summed E-state index contributed by atoms with van der Waals surface area (Å²) in [5.41, 5.74) is 0.0514. The fraction of sp³-hybridized carbons (Fsp3) is 0. The van der Waals surface area contributed by atoms with Gasteiger partial charge in [0.2, 0.25) is 5.43 Å². The van der Waals surface area contributed by atoms with E-state index in [9.17, 15) is 9.59 Å². The van der Waals surface area contributed by atoms with Gasteiger partial charge in [-0.2, -0.15) is 0 Å². The van der Waals surface area contributed by atoms with Crippen molar-refractivity contribution in [3.05, 3.63) is 32.7 Å². The molecular formula is C8H5BrN2O3. The van der Waals surface area contributed by atoms with Crippen LogP contribution in [0.4, 0.5) is 0 Å². The molecule has 2 heterocycles. The van der Waals surface area contributed by atoms with Crippen LogP contribution in [0, 0.1) is 0 Å². The highest BCUT2D eigenvalue weighted by Gasteiger charge is 2.14. The first-order chi connectivity index (χ1) is 6.61. The Kier molecular flexibility index (Phi) is 1.92. The van der Waals surface area contributed by atoms with Crippen LogP contribution in [-0.2, 0) is 0 Å². The van der Waals surface area contributed by atoms with Crippen molar-refractivity contribution in [1.82, 2.24) is 9.97 Å². The van der Waals surface area contributed by atoms with E-state index in [4.69, 9.17) is 5.11 Å². The molecule has 3 N–H and O–H groups in total. The predicted molar refractivity (Wildman–Crippen MR) is 53.6 cm³/mol. The Balaban J connectivity index is 2.96. The summed E-state index contributed by atoms with van der Waals surface area (Å²) in [7, 11) is 0. The van der Waals surface area contributed by atoms with Gasteiger partial charge in [-0.15, -0.1) is 0 Å². The van der Waals surface area contributed by atoms with Gasteiger partial charge in [-0.05, 0) is 15.9 Å². The Hall–Kier alpha value is -1.56. The van der Waals surface area contributed by atoms with Crippen LogP contribution >= 0.6 is 15.9 Å². The molecule has 0 aliphatic carbocycles. The predicted octanol–water partition coefficient (Wildman–Crippen LogP) is 1.32. The van der Waals surface area contributed by atoms with Gasteiger partial charge >= 0.3 is 5.97 Å². The molecule has 6 heteroatoms. The number of aromatic carboxylic acids is 1. The van der Waals surface area contributed by atoms with Gasteiger partial charge in [0.25, 0.3) is 0 Å². The minimum Gasteiger partial charge on any atom is -0.478 e. The number of nitrogens with one attached hydrogen (secondary N) is 2. The first-order valence-electron chi connectivity index (χ1n) is 3.73. The standard InChI is InChI=1S/C8H5BrN2O3/c9-4-2-11-7-5(6(4)12)3(1-10-7)8(13)14/h1-2H,(H,13,14)(H2,10,11,12). The van der Waals surface area contributed by atoms with Gasteiger partial charge in [0.05, 0.1) is 15.4 Å². The molecule has 0 radical (unpaired) electrons. The van der Waals surface area contributed by atoms with Gasteiger partial charge < -0.3 is 15.1 Å². The minimum atomic E-state index is -1.13. The summed E-state index contributed by atoms with van der Waals surface area (Å²) in [5, 5.41) is 8.96. The number of carboxylic acid groups (broad SMARTS) is 1. The lowest BCUT2D eigenvalue weighted by molar-refractivity contribution is 0.0699. The van der Waals surface area contributed by atoms with Crippen LogP contribution < -0.4 is 5.43 Å². The van der Waals surface area contributed by atoms with Crippen LogP contribution in [-0.4, -0.2) is 21.0 Å². The Morgan fingerprint density at radius 3 is 2.64 bits per heavy atom. The molecule has 0 saturated carbocycles. The van der Waals surface area contributed by atoms with E-state index in [0.717, 1.165) is 0 Å². The van der Waals surface area contributed by atoms with Gasteiger partial charge in [0.15, 0.2) is 0 Å². The molecule has 0 amide bonds. The third-order valence-electron chi connectivity index (χ3n) is 1.90. The molecule has 0 unspecified atom stereocenters. The van der Waals surface area contributed by atoms with Gasteiger partial charge in [-0.25, -0.2) is 4.79 Å². The number of rotatable bonds is 1. The maximum Gasteiger partial charge on any atom is 0.338 e. The molecule has 0 fully saturated rings. The van der Waals surface area contributed by atoms with Crippen molar-refractivity contribution in [3.8, 4) is 0 Å². The van der Waals surface area contributed by atoms with E-state index in [1.807, 2.05) is 0 Å². The topological polar surface area (TPSA) is 85.9 Å². The zero-order valence-corrected chi connectivity index (χ0v) is 8.38. The number of halogens is 1. The first-order valence-corrected chi connectivity index (χ1v) is 4.52. The Morgan fingerprint density at radius 2 is 2.00 bits per heavy atom. The quantitative estimate of drug-likeness (QED) is 0.720. The maximum atomic E-state index is 11.6. The number of fused-ring (bicyclic) bond motifs is 1. The van der Waals surface area contributed by atoms with E-state index in [1.54, 1.807) is 0 Å². The van der Waals surface area contributed by atoms with Crippen molar-refractivity contribution in [2.24, 2.45) is 0 Å². The van der Waals surface area contributed by atoms with E-state index in [1.165, 1.54) is 12.4 Å². The van der Waals surface area contributed by atoms with Crippen LogP contribution in [0.1, 0.15) is 10.4 Å². The molecule has 5 nitrogen and oxygen atoms in total. The highest BCUT2D eigenvalue weighted by atomic mass is 79.9. The zero-order valence-electron chi connectivity index (χ0n) is 6.80. The van der Waals surface area contributed by atoms with Crippen molar-refractivity contribution in [1.29, 1.82) is 0 Å². The van der Waals surface area contributed by atoms with Crippen molar-refractivity contribution in [2.75, 3.05) is 0 Å². The number of carboxylic acids is 1. The largest absolute Gasteiger partial charge is 0.478 e. The van der Waals surface area contributed by atoms with Crippen molar-refractivity contribution in [3.63, 3.8) is 0 Å². The Labute approximate surface area is 85.9 Å². The Morgan fingerprint density at radius 1 is 1.36 bits per heavy atom. The molecule has 2 aromatic rings. The van der Waals surface area contributed by atoms with Crippen molar-refractivity contribution >= 4 is 32.9 Å². The van der Waals surface area contributed by atoms with E-state index < -0.39 is 5.97 Å². The fourth-order valence-corrected chi connectivity index (χ4v) is 1.57. The monoisotopic (exact) mass is 256 g/mol. The molecule has 2 rings (SSSR count). The van der Waals surface area contributed by atoms with Crippen LogP contribution in [0.2, 0.25) is 0 Å². The lowest BCUT2D eigenvalue weighted by atomic mass is 10.2. The van der Waals surface area contributed by atoms with E-state index in [2.05, 4.69) is 25.9 Å². The summed E-state index contributed by atoms with van der Waals surface area (Å²) in [5.74, 6) is -1.13. The van der Waals surface area contributed by atoms with Crippen molar-refractivity contribution < 1.29 is 9.90 Å². The average Bonchev–Trinajstić information content (AvgIpc) is 2.55. The summed E-state index contributed by atoms with van der Waals surface area (Å²) in [6, 6.07) is 0. The lowest BCUT2D eigenvalue weighted by Crippen LogP contribution is -2.06. The summed E-state index contributed by atoms with van der Waals surface area (Å²) in [4.78, 5) is 27.8. The number of hydrogen-bond donors (Lipinski definition) is 3. The minimum absolute atomic E-state index is 0.0254. The van der Waals surface area contributed by atoms with Crippen LogP contribution in [0.3, 0.4) is 0 Å². The number of aromatic amines is 2. The number of aromatic nitrogens is 2. The summed E-state index contributed by atoms with van der Waals surface area (Å²) in [6.07, 6.45) is 2.75. The lowest BCUT2D eigenvalue weighted by Gasteiger charge is -1.92. The van der Waals surface area contributed by atoms with E-state index in [0.29, 0.717) is 10.1 Å². The summed E-state index contributed by atoms with van der Waals surface area (Å²) >= 11 is 3.03.